The Morgan fingerprint density at radius 1 is 0.939 bits per heavy atom. The third-order valence-electron chi connectivity index (χ3n) is 6.28. The van der Waals surface area contributed by atoms with E-state index in [1.165, 1.54) is 18.2 Å². The van der Waals surface area contributed by atoms with Gasteiger partial charge in [-0.1, -0.05) is 60.7 Å². The summed E-state index contributed by atoms with van der Waals surface area (Å²) in [5.41, 5.74) is 9.42. The lowest BCUT2D eigenvalue weighted by atomic mass is 9.94. The van der Waals surface area contributed by atoms with Crippen LogP contribution in [0.4, 0.5) is 5.69 Å². The molecule has 0 aliphatic carbocycles. The summed E-state index contributed by atoms with van der Waals surface area (Å²) in [5, 5.41) is 3.16. The Morgan fingerprint density at radius 3 is 2.03 bits per heavy atom. The molecule has 33 heavy (non-hydrogen) atoms. The highest BCUT2D eigenvalue weighted by molar-refractivity contribution is 6.01. The summed E-state index contributed by atoms with van der Waals surface area (Å²) < 4.78 is 10.6. The second-order valence-corrected chi connectivity index (χ2v) is 8.30. The normalized spacial score (nSPS) is 14.8. The van der Waals surface area contributed by atoms with Gasteiger partial charge in [0.2, 0.25) is 0 Å². The number of ether oxygens (including phenoxy) is 2. The van der Waals surface area contributed by atoms with Crippen molar-refractivity contribution in [3.8, 4) is 11.5 Å². The number of benzene rings is 3. The van der Waals surface area contributed by atoms with Crippen LogP contribution in [-0.4, -0.2) is 44.2 Å². The second-order valence-electron chi connectivity index (χ2n) is 8.30. The molecule has 1 fully saturated rings. The molecule has 3 N–H and O–H groups in total. The molecule has 0 atom stereocenters. The Balaban J connectivity index is 1.46. The fraction of sp³-hybridized carbons (Fsp3) is 0.296. The summed E-state index contributed by atoms with van der Waals surface area (Å²) in [5.74, 6) is 0.767. The number of likely N-dealkylation sites (tertiary alicyclic amines) is 1. The molecule has 172 valence electrons. The molecule has 0 spiro atoms. The molecule has 0 unspecified atom stereocenters. The van der Waals surface area contributed by atoms with Gasteiger partial charge in [0, 0.05) is 25.2 Å². The first kappa shape index (κ1) is 22.7. The van der Waals surface area contributed by atoms with Gasteiger partial charge in [-0.3, -0.25) is 9.69 Å². The van der Waals surface area contributed by atoms with Crippen LogP contribution in [0.3, 0.4) is 0 Å². The number of hydrogen-bond donors (Lipinski definition) is 2. The van der Waals surface area contributed by atoms with E-state index in [-0.39, 0.29) is 18.0 Å². The molecule has 6 heteroatoms. The third kappa shape index (κ3) is 5.12. The molecule has 0 bridgehead atoms. The number of rotatable bonds is 7. The van der Waals surface area contributed by atoms with Crippen LogP contribution >= 0.6 is 0 Å². The average Bonchev–Trinajstić information content (AvgIpc) is 2.86. The number of nitrogens with zero attached hydrogens (tertiary/aromatic N) is 1. The molecular weight excluding hydrogens is 414 g/mol. The Morgan fingerprint density at radius 2 is 1.52 bits per heavy atom. The molecule has 6 nitrogen and oxygen atoms in total. The standard InChI is InChI=1S/C27H31N3O3/c1-32-22-17-23(25(28)24(18-22)33-2)27(31)29-21-13-15-30(16-14-21)26(19-9-5-3-6-10-19)20-11-7-4-8-12-20/h3-12,17-18,21,26H,13-16,28H2,1-2H3,(H,29,31). The first-order chi connectivity index (χ1) is 16.1. The number of methoxy groups -OCH3 is 2. The summed E-state index contributed by atoms with van der Waals surface area (Å²) in [7, 11) is 3.08. The highest BCUT2D eigenvalue weighted by atomic mass is 16.5. The minimum Gasteiger partial charge on any atom is -0.497 e. The SMILES string of the molecule is COc1cc(OC)c(N)c(C(=O)NC2CCN(C(c3ccccc3)c3ccccc3)CC2)c1. The summed E-state index contributed by atoms with van der Waals surface area (Å²) in [4.78, 5) is 15.5. The number of hydrogen-bond acceptors (Lipinski definition) is 5. The van der Waals surface area contributed by atoms with E-state index in [9.17, 15) is 4.79 Å². The summed E-state index contributed by atoms with van der Waals surface area (Å²) in [6.07, 6.45) is 1.73. The van der Waals surface area contributed by atoms with Gasteiger partial charge < -0.3 is 20.5 Å². The van der Waals surface area contributed by atoms with Crippen LogP contribution in [-0.2, 0) is 0 Å². The van der Waals surface area contributed by atoms with Crippen LogP contribution in [0.25, 0.3) is 0 Å². The van der Waals surface area contributed by atoms with Gasteiger partial charge in [-0.2, -0.15) is 0 Å². The van der Waals surface area contributed by atoms with E-state index in [1.54, 1.807) is 19.2 Å². The predicted octanol–water partition coefficient (Wildman–Crippen LogP) is 4.27. The van der Waals surface area contributed by atoms with Crippen LogP contribution in [0, 0.1) is 0 Å². The highest BCUT2D eigenvalue weighted by Gasteiger charge is 2.28. The topological polar surface area (TPSA) is 76.8 Å². The lowest BCUT2D eigenvalue weighted by Crippen LogP contribution is -2.46. The van der Waals surface area contributed by atoms with Gasteiger partial charge in [-0.25, -0.2) is 0 Å². The van der Waals surface area contributed by atoms with Crippen molar-refractivity contribution in [2.45, 2.75) is 24.9 Å². The van der Waals surface area contributed by atoms with Gasteiger partial charge in [0.1, 0.15) is 11.5 Å². The highest BCUT2D eigenvalue weighted by Crippen LogP contribution is 2.33. The van der Waals surface area contributed by atoms with E-state index in [0.29, 0.717) is 22.7 Å². The van der Waals surface area contributed by atoms with E-state index >= 15 is 0 Å². The minimum absolute atomic E-state index is 0.0811. The monoisotopic (exact) mass is 445 g/mol. The van der Waals surface area contributed by atoms with Gasteiger partial charge in [-0.15, -0.1) is 0 Å². The first-order valence-corrected chi connectivity index (χ1v) is 11.3. The predicted molar refractivity (Wildman–Crippen MR) is 131 cm³/mol. The Hall–Kier alpha value is -3.51. The Bertz CT molecular complexity index is 1030. The van der Waals surface area contributed by atoms with Crippen molar-refractivity contribution in [3.63, 3.8) is 0 Å². The van der Waals surface area contributed by atoms with Crippen LogP contribution in [0.5, 0.6) is 11.5 Å². The van der Waals surface area contributed by atoms with Gasteiger partial charge >= 0.3 is 0 Å². The van der Waals surface area contributed by atoms with Gasteiger partial charge in [0.25, 0.3) is 5.91 Å². The molecular formula is C27H31N3O3. The quantitative estimate of drug-likeness (QED) is 0.531. The number of carbonyl (C=O) groups excluding carboxylic acids is 1. The first-order valence-electron chi connectivity index (χ1n) is 11.3. The maximum atomic E-state index is 13.0. The summed E-state index contributed by atoms with van der Waals surface area (Å²) in [6, 6.07) is 24.8. The van der Waals surface area contributed by atoms with Crippen molar-refractivity contribution in [1.82, 2.24) is 10.2 Å². The fourth-order valence-corrected chi connectivity index (χ4v) is 4.53. The van der Waals surface area contributed by atoms with Crippen molar-refractivity contribution in [1.29, 1.82) is 0 Å². The van der Waals surface area contributed by atoms with Crippen molar-refractivity contribution in [2.75, 3.05) is 33.0 Å². The molecule has 4 rings (SSSR count). The maximum Gasteiger partial charge on any atom is 0.253 e. The molecule has 1 heterocycles. The van der Waals surface area contributed by atoms with Crippen LogP contribution in [0.2, 0.25) is 0 Å². The molecule has 0 saturated carbocycles. The average molecular weight is 446 g/mol. The molecule has 0 aromatic heterocycles. The molecule has 0 radical (unpaired) electrons. The molecule has 3 aromatic rings. The minimum atomic E-state index is -0.203. The number of amides is 1. The second kappa shape index (κ2) is 10.4. The lowest BCUT2D eigenvalue weighted by molar-refractivity contribution is 0.0900. The van der Waals surface area contributed by atoms with Gasteiger partial charge in [0.05, 0.1) is 31.5 Å². The van der Waals surface area contributed by atoms with Gasteiger partial charge in [0.15, 0.2) is 0 Å². The lowest BCUT2D eigenvalue weighted by Gasteiger charge is -2.38. The summed E-state index contributed by atoms with van der Waals surface area (Å²) >= 11 is 0. The zero-order chi connectivity index (χ0) is 23.2. The maximum absolute atomic E-state index is 13.0. The number of piperidine rings is 1. The van der Waals surface area contributed by atoms with Crippen molar-refractivity contribution in [2.24, 2.45) is 0 Å². The van der Waals surface area contributed by atoms with Crippen molar-refractivity contribution in [3.05, 3.63) is 89.5 Å². The van der Waals surface area contributed by atoms with Crippen LogP contribution in [0.15, 0.2) is 72.8 Å². The Kier molecular flexibility index (Phi) is 7.15. The number of nitrogens with one attached hydrogen (secondary N) is 1. The summed E-state index contributed by atoms with van der Waals surface area (Å²) in [6.45, 7) is 1.77. The molecule has 3 aromatic carbocycles. The van der Waals surface area contributed by atoms with E-state index in [2.05, 4.69) is 58.7 Å². The van der Waals surface area contributed by atoms with Crippen molar-refractivity contribution >= 4 is 11.6 Å². The zero-order valence-corrected chi connectivity index (χ0v) is 19.2. The van der Waals surface area contributed by atoms with Crippen LogP contribution < -0.4 is 20.5 Å². The number of anilines is 1. The van der Waals surface area contributed by atoms with E-state index in [1.807, 2.05) is 12.1 Å². The Labute approximate surface area is 195 Å². The van der Waals surface area contributed by atoms with E-state index in [4.69, 9.17) is 15.2 Å². The smallest absolute Gasteiger partial charge is 0.253 e. The van der Waals surface area contributed by atoms with Crippen molar-refractivity contribution < 1.29 is 14.3 Å². The van der Waals surface area contributed by atoms with Gasteiger partial charge in [-0.05, 0) is 30.0 Å². The van der Waals surface area contributed by atoms with E-state index in [0.717, 1.165) is 25.9 Å². The number of nitrogen functional groups attached to an aromatic ring is 1. The fourth-order valence-electron chi connectivity index (χ4n) is 4.53. The van der Waals surface area contributed by atoms with E-state index < -0.39 is 0 Å². The van der Waals surface area contributed by atoms with Crippen LogP contribution in [0.1, 0.15) is 40.4 Å². The molecule has 1 amide bonds. The zero-order valence-electron chi connectivity index (χ0n) is 19.2. The third-order valence-corrected chi connectivity index (χ3v) is 6.28. The number of nitrogens with two attached hydrogens (primary N) is 1. The number of carbonyl (C=O) groups is 1. The molecule has 1 aliphatic heterocycles. The largest absolute Gasteiger partial charge is 0.497 e. The molecule has 1 saturated heterocycles. The molecule has 1 aliphatic rings.